The molecule has 1 aliphatic rings. The molecule has 0 saturated heterocycles. The summed E-state index contributed by atoms with van der Waals surface area (Å²) in [5.74, 6) is -4.51. The van der Waals surface area contributed by atoms with Crippen LogP contribution < -0.4 is 21.3 Å². The van der Waals surface area contributed by atoms with Crippen molar-refractivity contribution >= 4 is 38.5 Å². The number of benzene rings is 2. The summed E-state index contributed by atoms with van der Waals surface area (Å²) in [4.78, 5) is 61.4. The first-order chi connectivity index (χ1) is 27.8. The number of carbonyl (C=O) groups is 2. The number of rotatable bonds is 12. The first kappa shape index (κ1) is 39.6. The Labute approximate surface area is 329 Å². The fourth-order valence-electron chi connectivity index (χ4n) is 6.63. The summed E-state index contributed by atoms with van der Waals surface area (Å²) < 4.78 is 68.6. The van der Waals surface area contributed by atoms with Gasteiger partial charge in [-0.05, 0) is 80.1 Å². The number of aryl methyl sites for hydroxylation is 2. The Morgan fingerprint density at radius 1 is 0.983 bits per heavy atom. The molecule has 1 aliphatic carbocycles. The standard InChI is InChI=1S/C39H37F2N9O7S/c1-3-24-22-49(47-45-24)25-10-12-27(13-11-25)58(55,56)46-32-19-30(40)29(18-31(32)41)36(51)44-33(38(53)57-26-7-5-4-6-8-26)17-23-9-14-35(43-20-23)50-37(52)28-15-16-42-21-34(28)48(2)39(50)54/h9-16,18-22,26,33,46H,3-8,17H2,1-2H3,(H,44,51). The van der Waals surface area contributed by atoms with E-state index in [1.165, 1.54) is 77.4 Å². The van der Waals surface area contributed by atoms with E-state index in [0.717, 1.165) is 29.5 Å². The zero-order valence-electron chi connectivity index (χ0n) is 31.3. The molecule has 300 valence electrons. The van der Waals surface area contributed by atoms with Crippen molar-refractivity contribution in [1.82, 2.24) is 39.4 Å². The van der Waals surface area contributed by atoms with Gasteiger partial charge in [0.05, 0.1) is 50.8 Å². The molecule has 4 heterocycles. The van der Waals surface area contributed by atoms with E-state index in [0.29, 0.717) is 48.2 Å². The van der Waals surface area contributed by atoms with Gasteiger partial charge in [-0.25, -0.2) is 41.0 Å². The van der Waals surface area contributed by atoms with E-state index in [1.54, 1.807) is 6.20 Å². The number of aromatic nitrogens is 7. The molecule has 58 heavy (non-hydrogen) atoms. The smallest absolute Gasteiger partial charge is 0.337 e. The molecule has 2 N–H and O–H groups in total. The maximum Gasteiger partial charge on any atom is 0.337 e. The molecule has 16 nitrogen and oxygen atoms in total. The van der Waals surface area contributed by atoms with Crippen LogP contribution >= 0.6 is 0 Å². The lowest BCUT2D eigenvalue weighted by molar-refractivity contribution is -0.152. The molecule has 0 bridgehead atoms. The van der Waals surface area contributed by atoms with E-state index in [4.69, 9.17) is 4.74 Å². The van der Waals surface area contributed by atoms with Crippen LogP contribution in [0.25, 0.3) is 22.4 Å². The fourth-order valence-corrected chi connectivity index (χ4v) is 7.69. The summed E-state index contributed by atoms with van der Waals surface area (Å²) in [6.07, 6.45) is 9.80. The number of esters is 1. The highest BCUT2D eigenvalue weighted by atomic mass is 32.2. The molecule has 0 spiro atoms. The van der Waals surface area contributed by atoms with Crippen LogP contribution in [0.1, 0.15) is 60.6 Å². The van der Waals surface area contributed by atoms with Crippen LogP contribution in [0.5, 0.6) is 0 Å². The Morgan fingerprint density at radius 2 is 1.74 bits per heavy atom. The van der Waals surface area contributed by atoms with Crippen molar-refractivity contribution in [2.75, 3.05) is 4.72 Å². The number of fused-ring (bicyclic) bond motifs is 1. The summed E-state index contributed by atoms with van der Waals surface area (Å²) in [6.45, 7) is 1.91. The third-order valence-electron chi connectivity index (χ3n) is 9.84. The number of carbonyl (C=O) groups excluding carboxylic acids is 2. The molecule has 1 amide bonds. The highest BCUT2D eigenvalue weighted by molar-refractivity contribution is 7.92. The van der Waals surface area contributed by atoms with Gasteiger partial charge in [0.15, 0.2) is 0 Å². The largest absolute Gasteiger partial charge is 0.461 e. The molecule has 4 aromatic heterocycles. The van der Waals surface area contributed by atoms with Gasteiger partial charge in [0.1, 0.15) is 29.6 Å². The quantitative estimate of drug-likeness (QED) is 0.170. The lowest BCUT2D eigenvalue weighted by atomic mass is 9.97. The second kappa shape index (κ2) is 16.5. The summed E-state index contributed by atoms with van der Waals surface area (Å²) in [5, 5.41) is 10.7. The minimum atomic E-state index is -4.41. The van der Waals surface area contributed by atoms with Crippen LogP contribution in [0.3, 0.4) is 0 Å². The average Bonchev–Trinajstić information content (AvgIpc) is 3.72. The minimum Gasteiger partial charge on any atom is -0.461 e. The number of hydrogen-bond donors (Lipinski definition) is 2. The normalized spacial score (nSPS) is 13.9. The SMILES string of the molecule is CCc1cn(-c2ccc(S(=O)(=O)Nc3cc(F)c(C(=O)NC(Cc4ccc(-n5c(=O)c6ccncc6n(C)c5=O)nc4)C(=O)OC4CCCCC4)cc3F)cc2)nn1. The van der Waals surface area contributed by atoms with Crippen molar-refractivity contribution in [3.63, 3.8) is 0 Å². The van der Waals surface area contributed by atoms with E-state index in [2.05, 4.69) is 25.6 Å². The number of sulfonamides is 1. The highest BCUT2D eigenvalue weighted by Crippen LogP contribution is 2.25. The van der Waals surface area contributed by atoms with Crippen LogP contribution in [0, 0.1) is 11.6 Å². The minimum absolute atomic E-state index is 0.000920. The maximum atomic E-state index is 15.5. The number of amides is 1. The van der Waals surface area contributed by atoms with Crippen molar-refractivity contribution in [2.24, 2.45) is 7.05 Å². The van der Waals surface area contributed by atoms with Gasteiger partial charge >= 0.3 is 11.7 Å². The van der Waals surface area contributed by atoms with E-state index < -0.39 is 68.2 Å². The monoisotopic (exact) mass is 813 g/mol. The number of hydrogen-bond acceptors (Lipinski definition) is 11. The molecule has 1 saturated carbocycles. The first-order valence-corrected chi connectivity index (χ1v) is 19.9. The van der Waals surface area contributed by atoms with E-state index in [-0.39, 0.29) is 22.5 Å². The van der Waals surface area contributed by atoms with Crippen LogP contribution in [-0.2, 0) is 39.4 Å². The van der Waals surface area contributed by atoms with Crippen LogP contribution in [0.15, 0.2) is 93.9 Å². The number of nitrogens with zero attached hydrogens (tertiary/aromatic N) is 7. The van der Waals surface area contributed by atoms with Gasteiger partial charge in [0.25, 0.3) is 21.5 Å². The number of pyridine rings is 2. The van der Waals surface area contributed by atoms with E-state index >= 15 is 8.78 Å². The van der Waals surface area contributed by atoms with Crippen molar-refractivity contribution in [2.45, 2.75) is 68.9 Å². The molecule has 1 fully saturated rings. The topological polar surface area (TPSA) is 202 Å². The lowest BCUT2D eigenvalue weighted by Crippen LogP contribution is -2.45. The second-order valence-corrected chi connectivity index (χ2v) is 15.4. The maximum absolute atomic E-state index is 15.5. The Bertz CT molecular complexity index is 2750. The van der Waals surface area contributed by atoms with Crippen molar-refractivity contribution in [3.8, 4) is 11.5 Å². The molecule has 6 aromatic rings. The molecule has 1 unspecified atom stereocenters. The van der Waals surface area contributed by atoms with Crippen LogP contribution in [0.4, 0.5) is 14.5 Å². The molecule has 19 heteroatoms. The molecule has 2 aromatic carbocycles. The predicted molar refractivity (Wildman–Crippen MR) is 206 cm³/mol. The zero-order chi connectivity index (χ0) is 41.1. The first-order valence-electron chi connectivity index (χ1n) is 18.4. The predicted octanol–water partition coefficient (Wildman–Crippen LogP) is 3.92. The lowest BCUT2D eigenvalue weighted by Gasteiger charge is -2.25. The molecule has 7 rings (SSSR count). The van der Waals surface area contributed by atoms with Gasteiger partial charge in [-0.1, -0.05) is 24.6 Å². The third kappa shape index (κ3) is 8.24. The Balaban J connectivity index is 1.10. The van der Waals surface area contributed by atoms with Crippen molar-refractivity contribution < 1.29 is 31.5 Å². The number of anilines is 1. The third-order valence-corrected chi connectivity index (χ3v) is 11.2. The summed E-state index contributed by atoms with van der Waals surface area (Å²) in [6, 6.07) is 9.52. The molecule has 0 aliphatic heterocycles. The molecular weight excluding hydrogens is 777 g/mol. The van der Waals surface area contributed by atoms with Crippen LogP contribution in [0.2, 0.25) is 0 Å². The van der Waals surface area contributed by atoms with Crippen molar-refractivity contribution in [1.29, 1.82) is 0 Å². The highest BCUT2D eigenvalue weighted by Gasteiger charge is 2.29. The van der Waals surface area contributed by atoms with Gasteiger partial charge in [-0.3, -0.25) is 23.9 Å². The molecule has 0 radical (unpaired) electrons. The molecule has 1 atom stereocenters. The Kier molecular flexibility index (Phi) is 11.2. The zero-order valence-corrected chi connectivity index (χ0v) is 32.1. The average molecular weight is 814 g/mol. The Hall–Kier alpha value is -6.63. The number of halogens is 2. The van der Waals surface area contributed by atoms with Crippen LogP contribution in [-0.4, -0.2) is 66.5 Å². The van der Waals surface area contributed by atoms with Gasteiger partial charge in [-0.15, -0.1) is 5.10 Å². The van der Waals surface area contributed by atoms with Gasteiger partial charge in [-0.2, -0.15) is 0 Å². The Morgan fingerprint density at radius 3 is 2.43 bits per heavy atom. The second-order valence-electron chi connectivity index (χ2n) is 13.7. The summed E-state index contributed by atoms with van der Waals surface area (Å²) in [7, 11) is -2.92. The summed E-state index contributed by atoms with van der Waals surface area (Å²) >= 11 is 0. The van der Waals surface area contributed by atoms with E-state index in [9.17, 15) is 27.6 Å². The van der Waals surface area contributed by atoms with E-state index in [1.807, 2.05) is 11.6 Å². The van der Waals surface area contributed by atoms with Crippen molar-refractivity contribution in [3.05, 3.63) is 129 Å². The number of nitrogens with one attached hydrogen (secondary N) is 2. The fraction of sp³-hybridized carbons (Fsp3) is 0.282. The summed E-state index contributed by atoms with van der Waals surface area (Å²) in [5.41, 5.74) is -0.854. The van der Waals surface area contributed by atoms with Gasteiger partial charge in [0, 0.05) is 31.9 Å². The molecular formula is C39H37F2N9O7S. The number of ether oxygens (including phenoxy) is 1. The van der Waals surface area contributed by atoms with Gasteiger partial charge in [0.2, 0.25) is 0 Å². The van der Waals surface area contributed by atoms with Gasteiger partial charge < -0.3 is 10.1 Å².